The Balaban J connectivity index is 0.000000695. The van der Waals surface area contributed by atoms with Crippen molar-refractivity contribution in [3.8, 4) is 0 Å². The van der Waals surface area contributed by atoms with Crippen LogP contribution < -0.4 is 5.02 Å². The predicted octanol–water partition coefficient (Wildman–Crippen LogP) is 4.93. The average Bonchev–Trinajstić information content (AvgIpc) is 2.98. The Morgan fingerprint density at radius 3 is 1.57 bits per heavy atom. The van der Waals surface area contributed by atoms with E-state index in [9.17, 15) is 23.2 Å². The minimum absolute atomic E-state index is 0.253. The summed E-state index contributed by atoms with van der Waals surface area (Å²) in [6.07, 6.45) is 2.71. The maximum atomic E-state index is 14.5. The Kier molecular flexibility index (Phi) is 9.24. The maximum Gasteiger partial charge on any atom is 0.343 e. The molecule has 1 atom stereocenters. The fraction of sp³-hybridized carbons (Fsp3) is 0.379. The first-order valence-corrected chi connectivity index (χ1v) is 12.5. The number of quaternary nitrogens is 1. The Morgan fingerprint density at radius 1 is 0.730 bits per heavy atom. The quantitative estimate of drug-likeness (QED) is 0.299. The van der Waals surface area contributed by atoms with Crippen molar-refractivity contribution in [2.24, 2.45) is 0 Å². The van der Waals surface area contributed by atoms with Gasteiger partial charge in [-0.25, -0.2) is 13.2 Å². The number of halogens is 3. The van der Waals surface area contributed by atoms with Crippen molar-refractivity contribution in [1.82, 2.24) is 0 Å². The molecule has 0 aliphatic heterocycles. The Labute approximate surface area is 218 Å². The van der Waals surface area contributed by atoms with Crippen LogP contribution in [0.4, 0.5) is 13.2 Å². The SMILES string of the molecule is C[N+](C)(C)C.[O-]B(O)OC1(c2cccc(F)c2)CCCCCC1(c1cccc(F)c1)c1cccc(F)c1. The molecule has 1 fully saturated rings. The summed E-state index contributed by atoms with van der Waals surface area (Å²) in [5.74, 6) is -1.54. The highest BCUT2D eigenvalue weighted by atomic mass is 19.1. The van der Waals surface area contributed by atoms with Gasteiger partial charge in [0.05, 0.1) is 39.2 Å². The Morgan fingerprint density at radius 2 is 1.14 bits per heavy atom. The van der Waals surface area contributed by atoms with Gasteiger partial charge < -0.3 is 19.2 Å². The lowest BCUT2D eigenvalue weighted by atomic mass is 9.57. The van der Waals surface area contributed by atoms with Gasteiger partial charge in [-0.2, -0.15) is 0 Å². The van der Waals surface area contributed by atoms with Crippen LogP contribution in [0.25, 0.3) is 0 Å². The zero-order chi connectivity index (χ0) is 27.3. The highest BCUT2D eigenvalue weighted by molar-refractivity contribution is 6.30. The van der Waals surface area contributed by atoms with E-state index >= 15 is 0 Å². The van der Waals surface area contributed by atoms with Crippen molar-refractivity contribution in [2.75, 3.05) is 28.2 Å². The van der Waals surface area contributed by atoms with Crippen LogP contribution in [0.1, 0.15) is 48.8 Å². The van der Waals surface area contributed by atoms with Gasteiger partial charge in [-0.15, -0.1) is 0 Å². The van der Waals surface area contributed by atoms with Crippen LogP contribution in [0.15, 0.2) is 72.8 Å². The van der Waals surface area contributed by atoms with E-state index in [4.69, 9.17) is 4.65 Å². The van der Waals surface area contributed by atoms with E-state index in [1.54, 1.807) is 30.3 Å². The highest BCUT2D eigenvalue weighted by Gasteiger charge is 2.56. The maximum absolute atomic E-state index is 14.5. The molecule has 198 valence electrons. The molecule has 1 saturated carbocycles. The summed E-state index contributed by atoms with van der Waals surface area (Å²) in [6, 6.07) is 17.4. The molecule has 0 aromatic heterocycles. The lowest BCUT2D eigenvalue weighted by Gasteiger charge is -2.53. The van der Waals surface area contributed by atoms with Gasteiger partial charge in [-0.05, 0) is 65.9 Å². The van der Waals surface area contributed by atoms with Crippen LogP contribution in [0.5, 0.6) is 0 Å². The molecule has 8 heteroatoms. The molecule has 1 unspecified atom stereocenters. The third-order valence-corrected chi connectivity index (χ3v) is 6.50. The summed E-state index contributed by atoms with van der Waals surface area (Å²) in [5.41, 5.74) is -1.55. The lowest BCUT2D eigenvalue weighted by molar-refractivity contribution is -0.849. The molecule has 37 heavy (non-hydrogen) atoms. The van der Waals surface area contributed by atoms with E-state index in [2.05, 4.69) is 28.2 Å². The molecular weight excluding hydrogens is 478 g/mol. The van der Waals surface area contributed by atoms with Crippen LogP contribution in [-0.4, -0.2) is 45.0 Å². The molecule has 0 heterocycles. The predicted molar refractivity (Wildman–Crippen MR) is 138 cm³/mol. The average molecular weight is 513 g/mol. The fourth-order valence-corrected chi connectivity index (χ4v) is 5.32. The van der Waals surface area contributed by atoms with Gasteiger partial charge in [0.25, 0.3) is 0 Å². The zero-order valence-electron chi connectivity index (χ0n) is 21.9. The minimum Gasteiger partial charge on any atom is -0.832 e. The summed E-state index contributed by atoms with van der Waals surface area (Å²) < 4.78 is 50.2. The molecule has 4 rings (SSSR count). The van der Waals surface area contributed by atoms with Gasteiger partial charge in [-0.3, -0.25) is 0 Å². The van der Waals surface area contributed by atoms with Crippen molar-refractivity contribution in [2.45, 2.75) is 43.1 Å². The number of rotatable bonds is 5. The normalized spacial score (nSPS) is 19.4. The summed E-state index contributed by atoms with van der Waals surface area (Å²) in [7, 11) is 6.07. The van der Waals surface area contributed by atoms with Gasteiger partial charge >= 0.3 is 7.32 Å². The van der Waals surface area contributed by atoms with E-state index in [1.807, 2.05) is 0 Å². The fourth-order valence-electron chi connectivity index (χ4n) is 5.32. The molecule has 1 aliphatic carbocycles. The summed E-state index contributed by atoms with van der Waals surface area (Å²) in [4.78, 5) is 0. The first-order valence-electron chi connectivity index (χ1n) is 12.5. The molecule has 1 aliphatic rings. The van der Waals surface area contributed by atoms with Crippen molar-refractivity contribution >= 4 is 7.32 Å². The largest absolute Gasteiger partial charge is 0.832 e. The lowest BCUT2D eigenvalue weighted by Crippen LogP contribution is -2.56. The van der Waals surface area contributed by atoms with Crippen LogP contribution in [-0.2, 0) is 15.7 Å². The number of hydrogen-bond acceptors (Lipinski definition) is 3. The van der Waals surface area contributed by atoms with Crippen molar-refractivity contribution < 1.29 is 32.4 Å². The summed E-state index contributed by atoms with van der Waals surface area (Å²) in [5, 5.41) is 22.1. The molecule has 3 aromatic rings. The molecule has 4 nitrogen and oxygen atoms in total. The summed E-state index contributed by atoms with van der Waals surface area (Å²) in [6.45, 7) is 0. The first kappa shape index (κ1) is 28.9. The smallest absolute Gasteiger partial charge is 0.343 e. The molecule has 0 bridgehead atoms. The zero-order valence-corrected chi connectivity index (χ0v) is 21.9. The minimum atomic E-state index is -2.43. The van der Waals surface area contributed by atoms with Crippen molar-refractivity contribution in [3.05, 3.63) is 107 Å². The molecule has 0 spiro atoms. The first-order chi connectivity index (χ1) is 17.4. The van der Waals surface area contributed by atoms with Gasteiger partial charge in [0.1, 0.15) is 17.5 Å². The Hall–Kier alpha value is -2.65. The van der Waals surface area contributed by atoms with Gasteiger partial charge in [-0.1, -0.05) is 55.7 Å². The number of nitrogens with zero attached hydrogens (tertiary/aromatic N) is 1. The second-order valence-corrected chi connectivity index (χ2v) is 10.9. The van der Waals surface area contributed by atoms with Gasteiger partial charge in [0.15, 0.2) is 0 Å². The van der Waals surface area contributed by atoms with Gasteiger partial charge in [0.2, 0.25) is 0 Å². The molecule has 0 saturated heterocycles. The van der Waals surface area contributed by atoms with Crippen LogP contribution >= 0.6 is 0 Å². The highest BCUT2D eigenvalue weighted by Crippen LogP contribution is 2.57. The monoisotopic (exact) mass is 513 g/mol. The number of benzene rings is 3. The molecular formula is C29H35BF3NO3. The van der Waals surface area contributed by atoms with Crippen LogP contribution in [0, 0.1) is 17.5 Å². The van der Waals surface area contributed by atoms with E-state index in [-0.39, 0.29) is 6.42 Å². The second-order valence-electron chi connectivity index (χ2n) is 10.9. The van der Waals surface area contributed by atoms with E-state index in [0.717, 1.165) is 10.9 Å². The third-order valence-electron chi connectivity index (χ3n) is 6.50. The van der Waals surface area contributed by atoms with Crippen molar-refractivity contribution in [1.29, 1.82) is 0 Å². The van der Waals surface area contributed by atoms with Crippen molar-refractivity contribution in [3.63, 3.8) is 0 Å². The standard InChI is InChI=1S/C25H23BF3O3.C4H12N/c27-21-10-4-7-18(15-21)24(19-8-5-11-22(28)16-19)13-2-1-3-14-25(24,32-26(30)31)20-9-6-12-23(29)17-20;1-5(2,3)4/h4-12,15-17,30H,1-3,13-14H2;1-4H3/q-1;+1. The summed E-state index contributed by atoms with van der Waals surface area (Å²) >= 11 is 0. The van der Waals surface area contributed by atoms with Crippen LogP contribution in [0.3, 0.4) is 0 Å². The van der Waals surface area contributed by atoms with E-state index in [1.165, 1.54) is 42.5 Å². The van der Waals surface area contributed by atoms with E-state index in [0.29, 0.717) is 36.0 Å². The van der Waals surface area contributed by atoms with Gasteiger partial charge in [0, 0.05) is 0 Å². The number of hydrogen-bond donors (Lipinski definition) is 1. The second kappa shape index (κ2) is 11.8. The van der Waals surface area contributed by atoms with E-state index < -0.39 is 35.8 Å². The Bertz CT molecular complexity index is 1130. The molecule has 1 N–H and O–H groups in total. The van der Waals surface area contributed by atoms with Crippen LogP contribution in [0.2, 0.25) is 0 Å². The third kappa shape index (κ3) is 6.82. The molecule has 0 amide bonds. The molecule has 0 radical (unpaired) electrons. The molecule has 3 aromatic carbocycles. The topological polar surface area (TPSA) is 52.5 Å².